The van der Waals surface area contributed by atoms with Crippen molar-refractivity contribution in [2.45, 2.75) is 32.4 Å². The molecule has 1 unspecified atom stereocenters. The van der Waals surface area contributed by atoms with Gasteiger partial charge in [-0.15, -0.1) is 0 Å². The number of aryl methyl sites for hydroxylation is 1. The summed E-state index contributed by atoms with van der Waals surface area (Å²) >= 11 is 0. The maximum absolute atomic E-state index is 10.4. The summed E-state index contributed by atoms with van der Waals surface area (Å²) in [6.07, 6.45) is 2.27. The van der Waals surface area contributed by atoms with Gasteiger partial charge in [0.05, 0.1) is 11.2 Å². The fourth-order valence-corrected chi connectivity index (χ4v) is 2.39. The summed E-state index contributed by atoms with van der Waals surface area (Å²) in [4.78, 5) is 8.75. The summed E-state index contributed by atoms with van der Waals surface area (Å²) in [6.45, 7) is 2.90. The van der Waals surface area contributed by atoms with Crippen molar-refractivity contribution in [2.75, 3.05) is 0 Å². The van der Waals surface area contributed by atoms with Crippen LogP contribution in [-0.4, -0.2) is 24.9 Å². The molecule has 0 aliphatic carbocycles. The van der Waals surface area contributed by atoms with Crippen LogP contribution in [0.2, 0.25) is 0 Å². The molecule has 2 heterocycles. The second-order valence-electron chi connectivity index (χ2n) is 5.05. The summed E-state index contributed by atoms with van der Waals surface area (Å²) in [5.74, 6) is 0.791. The van der Waals surface area contributed by atoms with Gasteiger partial charge in [-0.2, -0.15) is 5.10 Å². The number of hydrogen-bond donors (Lipinski definition) is 1. The van der Waals surface area contributed by atoms with E-state index < -0.39 is 6.10 Å². The lowest BCUT2D eigenvalue weighted by Crippen LogP contribution is -2.11. The Morgan fingerprint density at radius 3 is 2.90 bits per heavy atom. The predicted molar refractivity (Wildman–Crippen MR) is 80.7 cm³/mol. The quantitative estimate of drug-likeness (QED) is 0.781. The van der Waals surface area contributed by atoms with Gasteiger partial charge in [-0.1, -0.05) is 31.2 Å². The number of aliphatic hydroxyl groups is 1. The number of rotatable bonds is 5. The van der Waals surface area contributed by atoms with Crippen LogP contribution < -0.4 is 0 Å². The van der Waals surface area contributed by atoms with E-state index in [9.17, 15) is 5.11 Å². The zero-order valence-corrected chi connectivity index (χ0v) is 12.0. The molecule has 3 rings (SSSR count). The van der Waals surface area contributed by atoms with Gasteiger partial charge in [-0.3, -0.25) is 9.67 Å². The van der Waals surface area contributed by atoms with E-state index in [0.717, 1.165) is 29.7 Å². The van der Waals surface area contributed by atoms with Gasteiger partial charge in [0, 0.05) is 18.4 Å². The number of para-hydroxylation sites is 1. The first-order valence-corrected chi connectivity index (χ1v) is 7.18. The SMILES string of the molecule is CCCn1ncnc1CC(O)c1ccc2ccccc2n1. The summed E-state index contributed by atoms with van der Waals surface area (Å²) in [5.41, 5.74) is 1.56. The molecule has 1 atom stereocenters. The summed E-state index contributed by atoms with van der Waals surface area (Å²) < 4.78 is 1.84. The average Bonchev–Trinajstić information content (AvgIpc) is 2.94. The van der Waals surface area contributed by atoms with Crippen LogP contribution in [0.3, 0.4) is 0 Å². The highest BCUT2D eigenvalue weighted by Gasteiger charge is 2.14. The number of nitrogens with zero attached hydrogens (tertiary/aromatic N) is 4. The van der Waals surface area contributed by atoms with Crippen molar-refractivity contribution < 1.29 is 5.11 Å². The van der Waals surface area contributed by atoms with Gasteiger partial charge >= 0.3 is 0 Å². The molecular weight excluding hydrogens is 264 g/mol. The Balaban J connectivity index is 1.83. The van der Waals surface area contributed by atoms with Crippen molar-refractivity contribution in [1.82, 2.24) is 19.7 Å². The minimum atomic E-state index is -0.672. The molecule has 5 heteroatoms. The van der Waals surface area contributed by atoms with Crippen molar-refractivity contribution in [3.8, 4) is 0 Å². The van der Waals surface area contributed by atoms with E-state index in [1.165, 1.54) is 6.33 Å². The van der Waals surface area contributed by atoms with E-state index in [2.05, 4.69) is 22.0 Å². The monoisotopic (exact) mass is 282 g/mol. The largest absolute Gasteiger partial charge is 0.386 e. The van der Waals surface area contributed by atoms with Crippen LogP contribution in [0.4, 0.5) is 0 Å². The topological polar surface area (TPSA) is 63.8 Å². The molecule has 0 saturated carbocycles. The molecule has 0 aliphatic heterocycles. The smallest absolute Gasteiger partial charge is 0.138 e. The van der Waals surface area contributed by atoms with Crippen molar-refractivity contribution >= 4 is 10.9 Å². The Kier molecular flexibility index (Phi) is 3.92. The molecule has 3 aromatic rings. The molecule has 108 valence electrons. The molecule has 21 heavy (non-hydrogen) atoms. The number of pyridine rings is 1. The predicted octanol–water partition coefficient (Wildman–Crippen LogP) is 2.51. The number of hydrogen-bond acceptors (Lipinski definition) is 4. The van der Waals surface area contributed by atoms with Gasteiger partial charge in [0.15, 0.2) is 0 Å². The van der Waals surface area contributed by atoms with E-state index in [1.807, 2.05) is 41.1 Å². The first-order chi connectivity index (χ1) is 10.3. The number of aliphatic hydroxyl groups excluding tert-OH is 1. The van der Waals surface area contributed by atoms with Crippen molar-refractivity contribution in [3.05, 3.63) is 54.2 Å². The van der Waals surface area contributed by atoms with E-state index in [1.54, 1.807) is 0 Å². The van der Waals surface area contributed by atoms with Crippen LogP contribution in [0.5, 0.6) is 0 Å². The third-order valence-corrected chi connectivity index (χ3v) is 3.47. The highest BCUT2D eigenvalue weighted by molar-refractivity contribution is 5.78. The first-order valence-electron chi connectivity index (χ1n) is 7.18. The lowest BCUT2D eigenvalue weighted by molar-refractivity contribution is 0.169. The van der Waals surface area contributed by atoms with E-state index >= 15 is 0 Å². The highest BCUT2D eigenvalue weighted by Crippen LogP contribution is 2.19. The molecule has 0 fully saturated rings. The third kappa shape index (κ3) is 2.92. The Morgan fingerprint density at radius 2 is 2.05 bits per heavy atom. The van der Waals surface area contributed by atoms with Crippen molar-refractivity contribution in [1.29, 1.82) is 0 Å². The third-order valence-electron chi connectivity index (χ3n) is 3.47. The van der Waals surface area contributed by atoms with E-state index in [-0.39, 0.29) is 0 Å². The fraction of sp³-hybridized carbons (Fsp3) is 0.312. The molecule has 0 amide bonds. The van der Waals surface area contributed by atoms with Gasteiger partial charge in [0.25, 0.3) is 0 Å². The molecular formula is C16H18N4O. The molecule has 2 aromatic heterocycles. The summed E-state index contributed by atoms with van der Waals surface area (Å²) in [6, 6.07) is 11.7. The fourth-order valence-electron chi connectivity index (χ4n) is 2.39. The maximum Gasteiger partial charge on any atom is 0.138 e. The lowest BCUT2D eigenvalue weighted by Gasteiger charge is -2.11. The van der Waals surface area contributed by atoms with Gasteiger partial charge in [0.2, 0.25) is 0 Å². The Hall–Kier alpha value is -2.27. The molecule has 1 N–H and O–H groups in total. The molecule has 0 saturated heterocycles. The lowest BCUT2D eigenvalue weighted by atomic mass is 10.1. The normalized spacial score (nSPS) is 12.7. The zero-order chi connectivity index (χ0) is 14.7. The molecule has 5 nitrogen and oxygen atoms in total. The molecule has 1 aromatic carbocycles. The number of fused-ring (bicyclic) bond motifs is 1. The van der Waals surface area contributed by atoms with Crippen molar-refractivity contribution in [3.63, 3.8) is 0 Å². The maximum atomic E-state index is 10.4. The molecule has 0 radical (unpaired) electrons. The summed E-state index contributed by atoms with van der Waals surface area (Å²) in [7, 11) is 0. The standard InChI is InChI=1S/C16H18N4O/c1-2-9-20-16(17-11-18-20)10-15(21)14-8-7-12-5-3-4-6-13(12)19-14/h3-8,11,15,21H,2,9-10H2,1H3. The molecule has 0 aliphatic rings. The van der Waals surface area contributed by atoms with E-state index in [0.29, 0.717) is 12.1 Å². The van der Waals surface area contributed by atoms with Crippen LogP contribution in [0.15, 0.2) is 42.7 Å². The molecule has 0 spiro atoms. The highest BCUT2D eigenvalue weighted by atomic mass is 16.3. The van der Waals surface area contributed by atoms with Gasteiger partial charge in [0.1, 0.15) is 18.3 Å². The van der Waals surface area contributed by atoms with Crippen LogP contribution in [0, 0.1) is 0 Å². The minimum Gasteiger partial charge on any atom is -0.386 e. The van der Waals surface area contributed by atoms with Gasteiger partial charge < -0.3 is 5.11 Å². The molecule has 0 bridgehead atoms. The van der Waals surface area contributed by atoms with Gasteiger partial charge in [-0.25, -0.2) is 4.98 Å². The average molecular weight is 282 g/mol. The first kappa shape index (κ1) is 13.7. The zero-order valence-electron chi connectivity index (χ0n) is 12.0. The van der Waals surface area contributed by atoms with Crippen LogP contribution in [0.1, 0.15) is 31.0 Å². The van der Waals surface area contributed by atoms with Crippen molar-refractivity contribution in [2.24, 2.45) is 0 Å². The Bertz CT molecular complexity index is 738. The number of benzene rings is 1. The second kappa shape index (κ2) is 6.01. The van der Waals surface area contributed by atoms with Crippen LogP contribution in [-0.2, 0) is 13.0 Å². The Morgan fingerprint density at radius 1 is 1.19 bits per heavy atom. The second-order valence-corrected chi connectivity index (χ2v) is 5.05. The van der Waals surface area contributed by atoms with Gasteiger partial charge in [-0.05, 0) is 18.6 Å². The van der Waals surface area contributed by atoms with E-state index in [4.69, 9.17) is 0 Å². The van der Waals surface area contributed by atoms with Crippen LogP contribution >= 0.6 is 0 Å². The summed E-state index contributed by atoms with van der Waals surface area (Å²) in [5, 5.41) is 15.6. The number of aromatic nitrogens is 4. The minimum absolute atomic E-state index is 0.422. The van der Waals surface area contributed by atoms with Crippen LogP contribution in [0.25, 0.3) is 10.9 Å². The Labute approximate surface area is 123 Å².